The fourth-order valence-electron chi connectivity index (χ4n) is 2.58. The molecule has 1 heterocycles. The van der Waals surface area contributed by atoms with Gasteiger partial charge in [-0.25, -0.2) is 0 Å². The van der Waals surface area contributed by atoms with E-state index in [4.69, 9.17) is 9.47 Å². The summed E-state index contributed by atoms with van der Waals surface area (Å²) in [6.45, 7) is 2.52. The quantitative estimate of drug-likeness (QED) is 0.933. The molecule has 3 heteroatoms. The van der Waals surface area contributed by atoms with Gasteiger partial charge in [-0.3, -0.25) is 0 Å². The average Bonchev–Trinajstić information content (AvgIpc) is 2.55. The number of para-hydroxylation sites is 2. The standard InChI is InChI=1S/C18H20O3/c1-2-5-13-8-10-14(11-9-13)18(19)17-12-20-15-6-3-4-7-16(15)21-17/h3-4,6-11,17-19H,2,5,12H2,1H3. The molecule has 0 saturated heterocycles. The van der Waals surface area contributed by atoms with Crippen LogP contribution in [-0.4, -0.2) is 17.8 Å². The van der Waals surface area contributed by atoms with Crippen molar-refractivity contribution in [2.45, 2.75) is 32.0 Å². The molecule has 0 saturated carbocycles. The van der Waals surface area contributed by atoms with E-state index in [2.05, 4.69) is 19.1 Å². The first kappa shape index (κ1) is 14.0. The lowest BCUT2D eigenvalue weighted by molar-refractivity contribution is -0.0113. The monoisotopic (exact) mass is 284 g/mol. The molecular formula is C18H20O3. The Morgan fingerprint density at radius 1 is 1.10 bits per heavy atom. The van der Waals surface area contributed by atoms with Crippen LogP contribution >= 0.6 is 0 Å². The van der Waals surface area contributed by atoms with Gasteiger partial charge in [0.25, 0.3) is 0 Å². The van der Waals surface area contributed by atoms with Crippen LogP contribution in [-0.2, 0) is 6.42 Å². The minimum atomic E-state index is -0.686. The Balaban J connectivity index is 1.72. The Labute approximate surface area is 125 Å². The lowest BCUT2D eigenvalue weighted by Crippen LogP contribution is -2.34. The summed E-state index contributed by atoms with van der Waals surface area (Å²) < 4.78 is 11.5. The number of aliphatic hydroxyl groups is 1. The summed E-state index contributed by atoms with van der Waals surface area (Å²) in [5.41, 5.74) is 2.16. The van der Waals surface area contributed by atoms with E-state index in [1.807, 2.05) is 36.4 Å². The fourth-order valence-corrected chi connectivity index (χ4v) is 2.58. The fraction of sp³-hybridized carbons (Fsp3) is 0.333. The topological polar surface area (TPSA) is 38.7 Å². The summed E-state index contributed by atoms with van der Waals surface area (Å²) in [5, 5.41) is 10.5. The van der Waals surface area contributed by atoms with Gasteiger partial charge in [0, 0.05) is 0 Å². The van der Waals surface area contributed by atoms with Gasteiger partial charge in [-0.2, -0.15) is 0 Å². The maximum Gasteiger partial charge on any atom is 0.163 e. The van der Waals surface area contributed by atoms with Crippen LogP contribution < -0.4 is 9.47 Å². The van der Waals surface area contributed by atoms with Gasteiger partial charge >= 0.3 is 0 Å². The third-order valence-corrected chi connectivity index (χ3v) is 3.74. The zero-order valence-corrected chi connectivity index (χ0v) is 12.2. The molecule has 3 nitrogen and oxygen atoms in total. The number of benzene rings is 2. The van der Waals surface area contributed by atoms with Gasteiger partial charge < -0.3 is 14.6 Å². The van der Waals surface area contributed by atoms with Crippen molar-refractivity contribution in [2.24, 2.45) is 0 Å². The van der Waals surface area contributed by atoms with E-state index in [1.165, 1.54) is 5.56 Å². The molecular weight excluding hydrogens is 264 g/mol. The Bertz CT molecular complexity index is 592. The average molecular weight is 284 g/mol. The molecule has 2 aromatic carbocycles. The second-order valence-corrected chi connectivity index (χ2v) is 5.35. The van der Waals surface area contributed by atoms with Crippen molar-refractivity contribution < 1.29 is 14.6 Å². The molecule has 1 aliphatic heterocycles. The SMILES string of the molecule is CCCc1ccc(C(O)C2COc3ccccc3O2)cc1. The van der Waals surface area contributed by atoms with E-state index < -0.39 is 6.10 Å². The van der Waals surface area contributed by atoms with E-state index in [-0.39, 0.29) is 6.10 Å². The molecule has 110 valence electrons. The molecule has 0 aliphatic carbocycles. The van der Waals surface area contributed by atoms with Crippen molar-refractivity contribution >= 4 is 0 Å². The van der Waals surface area contributed by atoms with E-state index in [0.29, 0.717) is 12.4 Å². The summed E-state index contributed by atoms with van der Waals surface area (Å²) in [6.07, 6.45) is 1.12. The van der Waals surface area contributed by atoms with Crippen LogP contribution in [0.15, 0.2) is 48.5 Å². The number of hydrogen-bond donors (Lipinski definition) is 1. The molecule has 2 aromatic rings. The number of fused-ring (bicyclic) bond motifs is 1. The molecule has 2 unspecified atom stereocenters. The summed E-state index contributed by atoms with van der Waals surface area (Å²) in [5.74, 6) is 1.43. The molecule has 1 N–H and O–H groups in total. The normalized spacial score (nSPS) is 18.3. The van der Waals surface area contributed by atoms with E-state index in [9.17, 15) is 5.11 Å². The van der Waals surface area contributed by atoms with Crippen molar-refractivity contribution in [1.82, 2.24) is 0 Å². The van der Waals surface area contributed by atoms with Gasteiger partial charge in [-0.05, 0) is 29.7 Å². The molecule has 0 fully saturated rings. The lowest BCUT2D eigenvalue weighted by Gasteiger charge is -2.29. The predicted molar refractivity (Wildman–Crippen MR) is 81.7 cm³/mol. The first-order valence-corrected chi connectivity index (χ1v) is 7.43. The van der Waals surface area contributed by atoms with Crippen LogP contribution in [0.3, 0.4) is 0 Å². The number of aliphatic hydroxyl groups excluding tert-OH is 1. The van der Waals surface area contributed by atoms with Crippen molar-refractivity contribution in [1.29, 1.82) is 0 Å². The zero-order chi connectivity index (χ0) is 14.7. The number of aryl methyl sites for hydroxylation is 1. The molecule has 3 rings (SSSR count). The molecule has 0 spiro atoms. The molecule has 1 aliphatic rings. The van der Waals surface area contributed by atoms with Crippen molar-refractivity contribution in [3.05, 3.63) is 59.7 Å². The highest BCUT2D eigenvalue weighted by Crippen LogP contribution is 2.34. The zero-order valence-electron chi connectivity index (χ0n) is 12.2. The molecule has 21 heavy (non-hydrogen) atoms. The van der Waals surface area contributed by atoms with Gasteiger partial charge in [0.15, 0.2) is 17.6 Å². The van der Waals surface area contributed by atoms with Crippen LogP contribution in [0, 0.1) is 0 Å². The smallest absolute Gasteiger partial charge is 0.163 e. The largest absolute Gasteiger partial charge is 0.486 e. The second kappa shape index (κ2) is 6.19. The predicted octanol–water partition coefficient (Wildman–Crippen LogP) is 3.51. The summed E-state index contributed by atoms with van der Waals surface area (Å²) >= 11 is 0. The molecule has 0 aromatic heterocycles. The second-order valence-electron chi connectivity index (χ2n) is 5.35. The highest BCUT2D eigenvalue weighted by Gasteiger charge is 2.28. The molecule has 0 bridgehead atoms. The number of ether oxygens (including phenoxy) is 2. The third-order valence-electron chi connectivity index (χ3n) is 3.74. The van der Waals surface area contributed by atoms with Crippen LogP contribution in [0.25, 0.3) is 0 Å². The van der Waals surface area contributed by atoms with Crippen molar-refractivity contribution in [2.75, 3.05) is 6.61 Å². The minimum Gasteiger partial charge on any atom is -0.486 e. The van der Waals surface area contributed by atoms with E-state index >= 15 is 0 Å². The van der Waals surface area contributed by atoms with Gasteiger partial charge in [0.05, 0.1) is 0 Å². The highest BCUT2D eigenvalue weighted by atomic mass is 16.6. The Morgan fingerprint density at radius 2 is 1.81 bits per heavy atom. The maximum absolute atomic E-state index is 10.5. The summed E-state index contributed by atoms with van der Waals surface area (Å²) in [4.78, 5) is 0. The van der Waals surface area contributed by atoms with Gasteiger partial charge in [0.2, 0.25) is 0 Å². The maximum atomic E-state index is 10.5. The molecule has 0 radical (unpaired) electrons. The summed E-state index contributed by atoms with van der Waals surface area (Å²) in [7, 11) is 0. The van der Waals surface area contributed by atoms with Gasteiger partial charge in [0.1, 0.15) is 12.7 Å². The van der Waals surface area contributed by atoms with Gasteiger partial charge in [-0.1, -0.05) is 49.7 Å². The van der Waals surface area contributed by atoms with E-state index in [0.717, 1.165) is 24.2 Å². The Hall–Kier alpha value is -2.00. The first-order valence-electron chi connectivity index (χ1n) is 7.43. The summed E-state index contributed by atoms with van der Waals surface area (Å²) in [6, 6.07) is 15.6. The van der Waals surface area contributed by atoms with Crippen LogP contribution in [0.5, 0.6) is 11.5 Å². The Morgan fingerprint density at radius 3 is 2.52 bits per heavy atom. The highest BCUT2D eigenvalue weighted by molar-refractivity contribution is 5.41. The molecule has 0 amide bonds. The van der Waals surface area contributed by atoms with Crippen LogP contribution in [0.4, 0.5) is 0 Å². The van der Waals surface area contributed by atoms with Gasteiger partial charge in [-0.15, -0.1) is 0 Å². The Kier molecular flexibility index (Phi) is 4.11. The molecule has 2 atom stereocenters. The minimum absolute atomic E-state index is 0.356. The van der Waals surface area contributed by atoms with Crippen LogP contribution in [0.2, 0.25) is 0 Å². The first-order chi connectivity index (χ1) is 10.3. The number of hydrogen-bond acceptors (Lipinski definition) is 3. The number of rotatable bonds is 4. The van der Waals surface area contributed by atoms with Crippen molar-refractivity contribution in [3.63, 3.8) is 0 Å². The lowest BCUT2D eigenvalue weighted by atomic mass is 10.0. The van der Waals surface area contributed by atoms with E-state index in [1.54, 1.807) is 0 Å². The third kappa shape index (κ3) is 3.03. The van der Waals surface area contributed by atoms with Crippen molar-refractivity contribution in [3.8, 4) is 11.5 Å². The van der Waals surface area contributed by atoms with Crippen LogP contribution in [0.1, 0.15) is 30.6 Å².